The number of benzene rings is 2. The highest BCUT2D eigenvalue weighted by atomic mass is 15.3. The third-order valence-corrected chi connectivity index (χ3v) is 3.63. The minimum Gasteiger partial charge on any atom is -0.271 e. The molecular weight excluding hydrogens is 248 g/mol. The molecule has 0 aliphatic carbocycles. The van der Waals surface area contributed by atoms with Gasteiger partial charge in [0.15, 0.2) is 0 Å². The molecule has 0 aliphatic heterocycles. The number of fused-ring (bicyclic) bond motifs is 1. The number of hydrogen-bond donors (Lipinski definition) is 2. The van der Waals surface area contributed by atoms with E-state index in [9.17, 15) is 0 Å². The first kappa shape index (κ1) is 12.8. The van der Waals surface area contributed by atoms with Gasteiger partial charge in [0.25, 0.3) is 0 Å². The highest BCUT2D eigenvalue weighted by Crippen LogP contribution is 2.23. The Balaban J connectivity index is 1.96. The Morgan fingerprint density at radius 2 is 1.80 bits per heavy atom. The van der Waals surface area contributed by atoms with Gasteiger partial charge in [0.2, 0.25) is 0 Å². The maximum atomic E-state index is 5.72. The van der Waals surface area contributed by atoms with E-state index in [1.165, 1.54) is 10.9 Å². The minimum absolute atomic E-state index is 0.0644. The highest BCUT2D eigenvalue weighted by molar-refractivity contribution is 5.81. The fourth-order valence-corrected chi connectivity index (χ4v) is 2.59. The molecule has 1 atom stereocenters. The van der Waals surface area contributed by atoms with Crippen LogP contribution in [0.4, 0.5) is 0 Å². The molecule has 2 aromatic carbocycles. The Morgan fingerprint density at radius 1 is 1.10 bits per heavy atom. The summed E-state index contributed by atoms with van der Waals surface area (Å²) >= 11 is 0. The topological polar surface area (TPSA) is 55.9 Å². The van der Waals surface area contributed by atoms with Crippen molar-refractivity contribution in [3.05, 3.63) is 65.9 Å². The second-order valence-corrected chi connectivity index (χ2v) is 4.92. The van der Waals surface area contributed by atoms with Crippen LogP contribution in [0.15, 0.2) is 54.6 Å². The van der Waals surface area contributed by atoms with E-state index >= 15 is 0 Å². The molecular formula is C16H18N4. The first-order chi connectivity index (χ1) is 9.79. The molecule has 1 heterocycles. The monoisotopic (exact) mass is 266 g/mol. The number of hydrazine groups is 1. The maximum absolute atomic E-state index is 5.72. The van der Waals surface area contributed by atoms with Crippen LogP contribution in [0.2, 0.25) is 0 Å². The van der Waals surface area contributed by atoms with Crippen LogP contribution < -0.4 is 11.3 Å². The van der Waals surface area contributed by atoms with Crippen molar-refractivity contribution in [2.75, 3.05) is 0 Å². The number of hydrogen-bond acceptors (Lipinski definition) is 3. The van der Waals surface area contributed by atoms with Gasteiger partial charge in [-0.1, -0.05) is 48.5 Å². The molecule has 0 saturated carbocycles. The van der Waals surface area contributed by atoms with Crippen molar-refractivity contribution in [3.8, 4) is 0 Å². The molecule has 0 saturated heterocycles. The Kier molecular flexibility index (Phi) is 3.50. The summed E-state index contributed by atoms with van der Waals surface area (Å²) in [6.45, 7) is 0. The van der Waals surface area contributed by atoms with Crippen molar-refractivity contribution < 1.29 is 0 Å². The molecule has 0 aliphatic rings. The average molecular weight is 266 g/mol. The number of nitrogens with one attached hydrogen (secondary N) is 1. The molecule has 0 radical (unpaired) electrons. The molecule has 4 nitrogen and oxygen atoms in total. The maximum Gasteiger partial charge on any atom is 0.0722 e. The summed E-state index contributed by atoms with van der Waals surface area (Å²) in [6.07, 6.45) is 0.766. The van der Waals surface area contributed by atoms with Crippen LogP contribution in [0, 0.1) is 0 Å². The molecule has 0 fully saturated rings. The lowest BCUT2D eigenvalue weighted by atomic mass is 10.0. The number of aromatic nitrogens is 2. The molecule has 3 aromatic rings. The number of nitrogens with zero attached hydrogens (tertiary/aromatic N) is 2. The fraction of sp³-hybridized carbons (Fsp3) is 0.188. The summed E-state index contributed by atoms with van der Waals surface area (Å²) in [6, 6.07) is 18.5. The zero-order chi connectivity index (χ0) is 13.9. The smallest absolute Gasteiger partial charge is 0.0722 e. The lowest BCUT2D eigenvalue weighted by Crippen LogP contribution is -2.29. The standard InChI is InChI=1S/C16H18N4/c1-20-16-10-6-5-9-13(16)15(19-20)11-14(18-17)12-7-3-2-4-8-12/h2-10,14,18H,11,17H2,1H3. The van der Waals surface area contributed by atoms with Crippen LogP contribution >= 0.6 is 0 Å². The van der Waals surface area contributed by atoms with Gasteiger partial charge in [0.1, 0.15) is 0 Å². The molecule has 1 unspecified atom stereocenters. The fourth-order valence-electron chi connectivity index (χ4n) is 2.59. The van der Waals surface area contributed by atoms with Gasteiger partial charge in [0, 0.05) is 18.9 Å². The molecule has 102 valence electrons. The number of nitrogens with two attached hydrogens (primary N) is 1. The van der Waals surface area contributed by atoms with E-state index in [1.807, 2.05) is 42.1 Å². The van der Waals surface area contributed by atoms with Crippen LogP contribution in [0.3, 0.4) is 0 Å². The van der Waals surface area contributed by atoms with Crippen molar-refractivity contribution in [2.45, 2.75) is 12.5 Å². The van der Waals surface area contributed by atoms with Crippen LogP contribution in [0.5, 0.6) is 0 Å². The van der Waals surface area contributed by atoms with Crippen molar-refractivity contribution in [1.82, 2.24) is 15.2 Å². The van der Waals surface area contributed by atoms with E-state index in [4.69, 9.17) is 5.84 Å². The Hall–Kier alpha value is -2.17. The number of aryl methyl sites for hydroxylation is 1. The van der Waals surface area contributed by atoms with E-state index in [0.29, 0.717) is 0 Å². The molecule has 1 aromatic heterocycles. The first-order valence-corrected chi connectivity index (χ1v) is 6.71. The van der Waals surface area contributed by atoms with E-state index in [-0.39, 0.29) is 6.04 Å². The quantitative estimate of drug-likeness (QED) is 0.563. The Bertz CT molecular complexity index is 703. The number of rotatable bonds is 4. The predicted octanol–water partition coefficient (Wildman–Crippen LogP) is 2.32. The lowest BCUT2D eigenvalue weighted by Gasteiger charge is -2.15. The van der Waals surface area contributed by atoms with Crippen molar-refractivity contribution in [2.24, 2.45) is 12.9 Å². The van der Waals surface area contributed by atoms with Crippen molar-refractivity contribution in [1.29, 1.82) is 0 Å². The van der Waals surface area contributed by atoms with Crippen LogP contribution in [0.25, 0.3) is 10.9 Å². The highest BCUT2D eigenvalue weighted by Gasteiger charge is 2.15. The molecule has 0 amide bonds. The van der Waals surface area contributed by atoms with Gasteiger partial charge in [-0.25, -0.2) is 0 Å². The molecule has 4 heteroatoms. The molecule has 0 bridgehead atoms. The molecule has 3 N–H and O–H groups in total. The van der Waals surface area contributed by atoms with Crippen molar-refractivity contribution in [3.63, 3.8) is 0 Å². The Labute approximate surface area is 118 Å². The van der Waals surface area contributed by atoms with E-state index in [1.54, 1.807) is 0 Å². The summed E-state index contributed by atoms with van der Waals surface area (Å²) in [7, 11) is 1.97. The normalized spacial score (nSPS) is 12.7. The lowest BCUT2D eigenvalue weighted by molar-refractivity contribution is 0.543. The van der Waals surface area contributed by atoms with Gasteiger partial charge in [0.05, 0.1) is 17.3 Å². The van der Waals surface area contributed by atoms with Gasteiger partial charge < -0.3 is 0 Å². The Morgan fingerprint density at radius 3 is 2.55 bits per heavy atom. The average Bonchev–Trinajstić information content (AvgIpc) is 2.82. The van der Waals surface area contributed by atoms with E-state index < -0.39 is 0 Å². The van der Waals surface area contributed by atoms with Crippen molar-refractivity contribution >= 4 is 10.9 Å². The van der Waals surface area contributed by atoms with Crippen LogP contribution in [-0.4, -0.2) is 9.78 Å². The number of para-hydroxylation sites is 1. The van der Waals surface area contributed by atoms with Crippen LogP contribution in [0.1, 0.15) is 17.3 Å². The van der Waals surface area contributed by atoms with Gasteiger partial charge in [-0.2, -0.15) is 5.10 Å². The molecule has 0 spiro atoms. The van der Waals surface area contributed by atoms with Gasteiger partial charge in [-0.3, -0.25) is 16.0 Å². The zero-order valence-electron chi connectivity index (χ0n) is 11.5. The third kappa shape index (κ3) is 2.31. The van der Waals surface area contributed by atoms with Gasteiger partial charge in [-0.15, -0.1) is 0 Å². The SMILES string of the molecule is Cn1nc(CC(NN)c2ccccc2)c2ccccc21. The summed E-state index contributed by atoms with van der Waals surface area (Å²) in [5.41, 5.74) is 6.27. The second kappa shape index (κ2) is 5.45. The molecule has 3 rings (SSSR count). The zero-order valence-corrected chi connectivity index (χ0v) is 11.5. The summed E-state index contributed by atoms with van der Waals surface area (Å²) < 4.78 is 1.92. The molecule has 20 heavy (non-hydrogen) atoms. The second-order valence-electron chi connectivity index (χ2n) is 4.92. The predicted molar refractivity (Wildman–Crippen MR) is 80.9 cm³/mol. The third-order valence-electron chi connectivity index (χ3n) is 3.63. The van der Waals surface area contributed by atoms with Gasteiger partial charge >= 0.3 is 0 Å². The summed E-state index contributed by atoms with van der Waals surface area (Å²) in [5, 5.41) is 5.81. The van der Waals surface area contributed by atoms with Crippen LogP contribution in [-0.2, 0) is 13.5 Å². The summed E-state index contributed by atoms with van der Waals surface area (Å²) in [5.74, 6) is 5.72. The summed E-state index contributed by atoms with van der Waals surface area (Å²) in [4.78, 5) is 0. The van der Waals surface area contributed by atoms with E-state index in [0.717, 1.165) is 17.6 Å². The first-order valence-electron chi connectivity index (χ1n) is 6.71. The largest absolute Gasteiger partial charge is 0.271 e. The minimum atomic E-state index is 0.0644. The van der Waals surface area contributed by atoms with Gasteiger partial charge in [-0.05, 0) is 11.6 Å². The van der Waals surface area contributed by atoms with E-state index in [2.05, 4.69) is 34.8 Å².